The monoisotopic (exact) mass is 353 g/mol. The summed E-state index contributed by atoms with van der Waals surface area (Å²) < 4.78 is 0. The summed E-state index contributed by atoms with van der Waals surface area (Å²) in [5.41, 5.74) is 0.904. The lowest BCUT2D eigenvalue weighted by atomic mass is 10.1. The minimum absolute atomic E-state index is 0.148. The highest BCUT2D eigenvalue weighted by molar-refractivity contribution is 5.95. The van der Waals surface area contributed by atoms with Gasteiger partial charge in [0.25, 0.3) is 5.69 Å². The van der Waals surface area contributed by atoms with E-state index in [1.54, 1.807) is 19.0 Å². The number of anilines is 2. The number of aliphatic imine (C=N–C) groups is 1. The molecule has 2 aromatic carbocycles. The van der Waals surface area contributed by atoms with Crippen molar-refractivity contribution in [2.45, 2.75) is 0 Å². The van der Waals surface area contributed by atoms with Crippen LogP contribution in [0.5, 0.6) is 0 Å². The van der Waals surface area contributed by atoms with Gasteiger partial charge in [-0.05, 0) is 30.3 Å². The summed E-state index contributed by atoms with van der Waals surface area (Å²) in [7, 11) is 3.56. The summed E-state index contributed by atoms with van der Waals surface area (Å²) in [6.45, 7) is 0. The molecule has 0 aliphatic heterocycles. The second-order valence-electron chi connectivity index (χ2n) is 5.41. The molecule has 2 rings (SSSR count). The van der Waals surface area contributed by atoms with E-state index in [-0.39, 0.29) is 22.6 Å². The zero-order valence-electron chi connectivity index (χ0n) is 14.0. The molecule has 1 N–H and O–H groups in total. The summed E-state index contributed by atoms with van der Waals surface area (Å²) >= 11 is 0. The molecule has 0 radical (unpaired) electrons. The van der Waals surface area contributed by atoms with Gasteiger partial charge in [-0.25, -0.2) is 14.7 Å². The Labute approximate surface area is 149 Å². The van der Waals surface area contributed by atoms with Crippen LogP contribution < -0.4 is 4.90 Å². The van der Waals surface area contributed by atoms with Crippen LogP contribution in [0.1, 0.15) is 5.56 Å². The zero-order valence-corrected chi connectivity index (χ0v) is 14.0. The Balaban J connectivity index is 2.46. The number of nitriles is 1. The molecular formula is C17H15N5O4. The second kappa shape index (κ2) is 7.76. The fraction of sp³-hybridized carbons (Fsp3) is 0.118. The van der Waals surface area contributed by atoms with E-state index in [4.69, 9.17) is 0 Å². The van der Waals surface area contributed by atoms with Gasteiger partial charge in [-0.3, -0.25) is 10.1 Å². The molecule has 9 nitrogen and oxygen atoms in total. The van der Waals surface area contributed by atoms with E-state index in [0.717, 1.165) is 4.90 Å². The van der Waals surface area contributed by atoms with Crippen molar-refractivity contribution in [1.29, 1.82) is 5.26 Å². The van der Waals surface area contributed by atoms with Crippen molar-refractivity contribution in [1.82, 2.24) is 4.90 Å². The Bertz CT molecular complexity index is 900. The molecule has 0 aliphatic carbocycles. The van der Waals surface area contributed by atoms with Gasteiger partial charge in [0.2, 0.25) is 0 Å². The van der Waals surface area contributed by atoms with E-state index < -0.39 is 11.0 Å². The van der Waals surface area contributed by atoms with Crippen LogP contribution in [0.15, 0.2) is 47.5 Å². The molecule has 0 bridgehead atoms. The van der Waals surface area contributed by atoms with Crippen LogP contribution in [0.3, 0.4) is 0 Å². The molecule has 132 valence electrons. The predicted molar refractivity (Wildman–Crippen MR) is 96.3 cm³/mol. The van der Waals surface area contributed by atoms with E-state index in [1.165, 1.54) is 48.8 Å². The van der Waals surface area contributed by atoms with Crippen LogP contribution in [-0.4, -0.2) is 41.5 Å². The van der Waals surface area contributed by atoms with Gasteiger partial charge in [0.1, 0.15) is 6.07 Å². The van der Waals surface area contributed by atoms with Crippen molar-refractivity contribution in [3.63, 3.8) is 0 Å². The average Bonchev–Trinajstić information content (AvgIpc) is 2.60. The molecule has 0 atom stereocenters. The summed E-state index contributed by atoms with van der Waals surface area (Å²) in [5.74, 6) is 0. The number of rotatable bonds is 5. The highest BCUT2D eigenvalue weighted by atomic mass is 16.6. The number of carbonyl (C=O) groups is 1. The Hall–Kier alpha value is -3.93. The van der Waals surface area contributed by atoms with Crippen molar-refractivity contribution < 1.29 is 14.8 Å². The van der Waals surface area contributed by atoms with E-state index in [1.807, 2.05) is 6.07 Å². The van der Waals surface area contributed by atoms with Gasteiger partial charge in [0.15, 0.2) is 0 Å². The van der Waals surface area contributed by atoms with Gasteiger partial charge in [-0.1, -0.05) is 0 Å². The maximum absolute atomic E-state index is 11.7. The largest absolute Gasteiger partial charge is 0.464 e. The van der Waals surface area contributed by atoms with E-state index in [2.05, 4.69) is 4.99 Å². The molecule has 0 aromatic heterocycles. The predicted octanol–water partition coefficient (Wildman–Crippen LogP) is 3.50. The number of nitrogens with zero attached hydrogens (tertiary/aromatic N) is 5. The highest BCUT2D eigenvalue weighted by Crippen LogP contribution is 2.31. The minimum Gasteiger partial charge on any atom is -0.464 e. The molecule has 9 heteroatoms. The molecule has 0 heterocycles. The van der Waals surface area contributed by atoms with Crippen LogP contribution in [0.4, 0.5) is 27.5 Å². The topological polar surface area (TPSA) is 123 Å². The minimum atomic E-state index is -1.28. The number of nitro benzene ring substituents is 1. The lowest BCUT2D eigenvalue weighted by molar-refractivity contribution is -0.384. The van der Waals surface area contributed by atoms with Gasteiger partial charge in [0.05, 0.1) is 33.9 Å². The van der Waals surface area contributed by atoms with Crippen LogP contribution in [0.25, 0.3) is 0 Å². The van der Waals surface area contributed by atoms with Gasteiger partial charge in [-0.2, -0.15) is 5.26 Å². The third-order valence-electron chi connectivity index (χ3n) is 3.30. The Kier molecular flexibility index (Phi) is 5.49. The molecule has 0 aliphatic rings. The van der Waals surface area contributed by atoms with Crippen LogP contribution in [0, 0.1) is 21.4 Å². The quantitative estimate of drug-likeness (QED) is 0.380. The fourth-order valence-corrected chi connectivity index (χ4v) is 2.14. The maximum Gasteiger partial charge on any atom is 0.416 e. The fourth-order valence-electron chi connectivity index (χ4n) is 2.14. The summed E-state index contributed by atoms with van der Waals surface area (Å²) in [6.07, 6.45) is 0.244. The molecule has 2 aromatic rings. The van der Waals surface area contributed by atoms with Crippen molar-refractivity contribution in [2.24, 2.45) is 4.99 Å². The lowest BCUT2D eigenvalue weighted by Gasteiger charge is -2.19. The molecule has 0 saturated carbocycles. The second-order valence-corrected chi connectivity index (χ2v) is 5.41. The SMILES string of the molecule is CN(C)C=Nc1ccc(N(C(=O)O)c2ccc([N+](=O)[O-])cc2)cc1C#N. The number of non-ortho nitro benzene ring substituents is 1. The van der Waals surface area contributed by atoms with Gasteiger partial charge in [0, 0.05) is 26.2 Å². The highest BCUT2D eigenvalue weighted by Gasteiger charge is 2.19. The first-order valence-electron chi connectivity index (χ1n) is 7.35. The van der Waals surface area contributed by atoms with Crippen molar-refractivity contribution in [3.8, 4) is 6.07 Å². The molecule has 1 amide bonds. The zero-order chi connectivity index (χ0) is 19.3. The van der Waals surface area contributed by atoms with Crippen molar-refractivity contribution in [2.75, 3.05) is 19.0 Å². The average molecular weight is 353 g/mol. The molecule has 0 saturated heterocycles. The smallest absolute Gasteiger partial charge is 0.416 e. The third-order valence-corrected chi connectivity index (χ3v) is 3.30. The first-order valence-corrected chi connectivity index (χ1v) is 7.35. The summed E-state index contributed by atoms with van der Waals surface area (Å²) in [4.78, 5) is 28.7. The van der Waals surface area contributed by atoms with Gasteiger partial charge in [-0.15, -0.1) is 0 Å². The Morgan fingerprint density at radius 3 is 2.35 bits per heavy atom. The number of nitro groups is 1. The third kappa shape index (κ3) is 4.12. The molecule has 0 spiro atoms. The van der Waals surface area contributed by atoms with Crippen LogP contribution in [0.2, 0.25) is 0 Å². The molecular weight excluding hydrogens is 338 g/mol. The molecule has 0 unspecified atom stereocenters. The number of amides is 1. The summed E-state index contributed by atoms with van der Waals surface area (Å²) in [6, 6.07) is 11.5. The van der Waals surface area contributed by atoms with Crippen LogP contribution >= 0.6 is 0 Å². The van der Waals surface area contributed by atoms with E-state index in [9.17, 15) is 25.3 Å². The van der Waals surface area contributed by atoms with E-state index in [0.29, 0.717) is 5.69 Å². The van der Waals surface area contributed by atoms with E-state index >= 15 is 0 Å². The van der Waals surface area contributed by atoms with Gasteiger partial charge >= 0.3 is 6.09 Å². The molecule has 26 heavy (non-hydrogen) atoms. The Morgan fingerprint density at radius 1 is 1.23 bits per heavy atom. The number of hydrogen-bond donors (Lipinski definition) is 1. The normalized spacial score (nSPS) is 10.3. The standard InChI is InChI=1S/C17H15N5O4/c1-20(2)11-19-16-8-7-15(9-12(16)10-18)21(17(23)24)13-3-5-14(6-4-13)22(25)26/h3-9,11H,1-2H3,(H,23,24). The van der Waals surface area contributed by atoms with Crippen LogP contribution in [-0.2, 0) is 0 Å². The molecule has 0 fully saturated rings. The first kappa shape index (κ1) is 18.4. The first-order chi connectivity index (χ1) is 12.3. The number of carboxylic acid groups (broad SMARTS) is 1. The Morgan fingerprint density at radius 2 is 1.85 bits per heavy atom. The van der Waals surface area contributed by atoms with Gasteiger partial charge < -0.3 is 10.0 Å². The van der Waals surface area contributed by atoms with Crippen molar-refractivity contribution >= 4 is 35.2 Å². The maximum atomic E-state index is 11.7. The summed E-state index contributed by atoms with van der Waals surface area (Å²) in [5, 5.41) is 29.6. The lowest BCUT2D eigenvalue weighted by Crippen LogP contribution is -2.23. The number of benzene rings is 2. The van der Waals surface area contributed by atoms with Crippen molar-refractivity contribution in [3.05, 3.63) is 58.1 Å². The number of hydrogen-bond acceptors (Lipinski definition) is 5.